The van der Waals surface area contributed by atoms with Gasteiger partial charge in [-0.2, -0.15) is 13.2 Å². The van der Waals surface area contributed by atoms with Gasteiger partial charge < -0.3 is 19.9 Å². The number of hydrogen-bond acceptors (Lipinski definition) is 4. The third-order valence-electron chi connectivity index (χ3n) is 5.75. The highest BCUT2D eigenvalue weighted by molar-refractivity contribution is 5.94. The van der Waals surface area contributed by atoms with E-state index in [0.717, 1.165) is 12.3 Å². The SMILES string of the molecule is CC1(CNC(=O)C(F)(F)F)CN(c2c(F)cc3c(=O)c(C(=O)O)cn(C4CC4)c3c2F)C1. The second-order valence-corrected chi connectivity index (χ2v) is 8.58. The minimum absolute atomic E-state index is 0.0364. The molecule has 2 heterocycles. The number of hydrogen-bond donors (Lipinski definition) is 2. The predicted molar refractivity (Wildman–Crippen MR) is 103 cm³/mol. The van der Waals surface area contributed by atoms with Crippen LogP contribution in [0.2, 0.25) is 0 Å². The normalized spacial score (nSPS) is 17.9. The number of carboxylic acids is 1. The van der Waals surface area contributed by atoms with Gasteiger partial charge in [-0.3, -0.25) is 9.59 Å². The standard InChI is InChI=1S/C20H18F5N3O4/c1-19(6-26-18(32)20(23,24)25)7-27(8-19)15-12(21)4-10-14(13(15)22)28(9-2-3-9)5-11(16(10)29)17(30)31/h4-5,9H,2-3,6-8H2,1H3,(H,26,32)(H,30,31). The molecule has 2 fully saturated rings. The summed E-state index contributed by atoms with van der Waals surface area (Å²) < 4.78 is 68.8. The minimum Gasteiger partial charge on any atom is -0.477 e. The summed E-state index contributed by atoms with van der Waals surface area (Å²) >= 11 is 0. The van der Waals surface area contributed by atoms with Crippen molar-refractivity contribution < 1.29 is 36.6 Å². The molecule has 1 saturated heterocycles. The first-order valence-electron chi connectivity index (χ1n) is 9.72. The van der Waals surface area contributed by atoms with Crippen LogP contribution < -0.4 is 15.6 Å². The van der Waals surface area contributed by atoms with Gasteiger partial charge >= 0.3 is 18.1 Å². The number of carboxylic acid groups (broad SMARTS) is 1. The molecule has 12 heteroatoms. The average Bonchev–Trinajstić information content (AvgIpc) is 3.49. The van der Waals surface area contributed by atoms with Gasteiger partial charge in [-0.1, -0.05) is 6.92 Å². The van der Waals surface area contributed by atoms with Crippen molar-refractivity contribution in [1.82, 2.24) is 9.88 Å². The van der Waals surface area contributed by atoms with Gasteiger partial charge in [0.25, 0.3) is 0 Å². The zero-order valence-electron chi connectivity index (χ0n) is 16.7. The number of alkyl halides is 3. The summed E-state index contributed by atoms with van der Waals surface area (Å²) in [5, 5.41) is 10.6. The largest absolute Gasteiger partial charge is 0.477 e. The number of anilines is 1. The molecule has 0 atom stereocenters. The van der Waals surface area contributed by atoms with Crippen LogP contribution in [0.4, 0.5) is 27.6 Å². The van der Waals surface area contributed by atoms with Gasteiger partial charge in [-0.25, -0.2) is 13.6 Å². The summed E-state index contributed by atoms with van der Waals surface area (Å²) in [5.74, 6) is -5.72. The highest BCUT2D eigenvalue weighted by Gasteiger charge is 2.45. The quantitative estimate of drug-likeness (QED) is 0.672. The van der Waals surface area contributed by atoms with Crippen LogP contribution in [0.5, 0.6) is 0 Å². The number of aromatic carboxylic acids is 1. The summed E-state index contributed by atoms with van der Waals surface area (Å²) in [6.45, 7) is 1.15. The van der Waals surface area contributed by atoms with E-state index in [9.17, 15) is 37.1 Å². The highest BCUT2D eigenvalue weighted by atomic mass is 19.4. The molecule has 0 unspecified atom stereocenters. The smallest absolute Gasteiger partial charge is 0.471 e. The number of nitrogens with zero attached hydrogens (tertiary/aromatic N) is 2. The second kappa shape index (κ2) is 7.17. The third kappa shape index (κ3) is 3.67. The number of aromatic nitrogens is 1. The maximum absolute atomic E-state index is 15.5. The molecule has 2 aromatic rings. The molecule has 0 bridgehead atoms. The Bertz CT molecular complexity index is 1200. The first kappa shape index (κ1) is 22.0. The first-order chi connectivity index (χ1) is 14.8. The molecular formula is C20H18F5N3O4. The van der Waals surface area contributed by atoms with Crippen LogP contribution in [0, 0.1) is 17.0 Å². The fourth-order valence-electron chi connectivity index (χ4n) is 4.05. The van der Waals surface area contributed by atoms with Gasteiger partial charge in [-0.15, -0.1) is 0 Å². The van der Waals surface area contributed by atoms with Crippen molar-refractivity contribution in [2.45, 2.75) is 32.0 Å². The predicted octanol–water partition coefficient (Wildman–Crippen LogP) is 2.82. The zero-order chi connectivity index (χ0) is 23.6. The lowest BCUT2D eigenvalue weighted by Crippen LogP contribution is -2.60. The molecule has 1 aromatic carbocycles. The van der Waals surface area contributed by atoms with Gasteiger partial charge in [0.1, 0.15) is 17.1 Å². The summed E-state index contributed by atoms with van der Waals surface area (Å²) in [6.07, 6.45) is -2.69. The lowest BCUT2D eigenvalue weighted by atomic mass is 9.81. The molecule has 32 heavy (non-hydrogen) atoms. The van der Waals surface area contributed by atoms with Crippen molar-refractivity contribution in [2.24, 2.45) is 5.41 Å². The van der Waals surface area contributed by atoms with E-state index in [-0.39, 0.29) is 31.2 Å². The Morgan fingerprint density at radius 1 is 1.25 bits per heavy atom. The number of fused-ring (bicyclic) bond motifs is 1. The van der Waals surface area contributed by atoms with E-state index >= 15 is 4.39 Å². The topological polar surface area (TPSA) is 91.6 Å². The molecule has 0 radical (unpaired) electrons. The van der Waals surface area contributed by atoms with Crippen LogP contribution in [-0.2, 0) is 4.79 Å². The van der Waals surface area contributed by atoms with Crippen molar-refractivity contribution in [1.29, 1.82) is 0 Å². The molecule has 2 aliphatic rings. The monoisotopic (exact) mass is 459 g/mol. The summed E-state index contributed by atoms with van der Waals surface area (Å²) in [4.78, 5) is 36.2. The van der Waals surface area contributed by atoms with Crippen LogP contribution in [0.25, 0.3) is 10.9 Å². The van der Waals surface area contributed by atoms with Crippen LogP contribution in [-0.4, -0.2) is 47.4 Å². The Hall–Kier alpha value is -3.18. The van der Waals surface area contributed by atoms with Gasteiger partial charge in [0.05, 0.1) is 10.9 Å². The number of amides is 1. The molecule has 1 saturated carbocycles. The highest BCUT2D eigenvalue weighted by Crippen LogP contribution is 2.42. The molecule has 1 aliphatic carbocycles. The lowest BCUT2D eigenvalue weighted by molar-refractivity contribution is -0.174. The van der Waals surface area contributed by atoms with Gasteiger partial charge in [-0.05, 0) is 18.9 Å². The Balaban J connectivity index is 1.67. The van der Waals surface area contributed by atoms with E-state index in [1.807, 2.05) is 0 Å². The van der Waals surface area contributed by atoms with Gasteiger partial charge in [0, 0.05) is 37.3 Å². The summed E-state index contributed by atoms with van der Waals surface area (Å²) in [5.41, 5.74) is -3.10. The Labute approximate surface area is 177 Å². The molecule has 4 rings (SSSR count). The Morgan fingerprint density at radius 2 is 1.88 bits per heavy atom. The Kier molecular flexibility index (Phi) is 4.94. The second-order valence-electron chi connectivity index (χ2n) is 8.58. The average molecular weight is 459 g/mol. The maximum atomic E-state index is 15.5. The zero-order valence-corrected chi connectivity index (χ0v) is 16.7. The minimum atomic E-state index is -5.03. The number of benzene rings is 1. The molecule has 7 nitrogen and oxygen atoms in total. The van der Waals surface area contributed by atoms with E-state index in [2.05, 4.69) is 0 Å². The van der Waals surface area contributed by atoms with Crippen LogP contribution >= 0.6 is 0 Å². The fraction of sp³-hybridized carbons (Fsp3) is 0.450. The van der Waals surface area contributed by atoms with Crippen molar-refractivity contribution in [3.63, 3.8) is 0 Å². The third-order valence-corrected chi connectivity index (χ3v) is 5.75. The van der Waals surface area contributed by atoms with E-state index in [4.69, 9.17) is 0 Å². The lowest BCUT2D eigenvalue weighted by Gasteiger charge is -2.49. The number of halogens is 5. The van der Waals surface area contributed by atoms with Crippen molar-refractivity contribution >= 4 is 28.5 Å². The molecule has 1 aromatic heterocycles. The summed E-state index contributed by atoms with van der Waals surface area (Å²) in [6, 6.07) is 0.575. The number of carbonyl (C=O) groups is 2. The number of pyridine rings is 1. The van der Waals surface area contributed by atoms with Crippen molar-refractivity contribution in [3.8, 4) is 0 Å². The molecule has 1 aliphatic heterocycles. The van der Waals surface area contributed by atoms with E-state index < -0.39 is 57.2 Å². The number of rotatable bonds is 5. The molecule has 1 amide bonds. The van der Waals surface area contributed by atoms with Crippen molar-refractivity contribution in [2.75, 3.05) is 24.5 Å². The molecule has 172 valence electrons. The van der Waals surface area contributed by atoms with E-state index in [1.165, 1.54) is 9.47 Å². The Morgan fingerprint density at radius 3 is 2.41 bits per heavy atom. The van der Waals surface area contributed by atoms with Gasteiger partial charge in [0.15, 0.2) is 5.82 Å². The molecule has 2 N–H and O–H groups in total. The number of carbonyl (C=O) groups excluding carboxylic acids is 1. The number of nitrogens with one attached hydrogen (secondary N) is 1. The van der Waals surface area contributed by atoms with E-state index in [0.29, 0.717) is 12.8 Å². The van der Waals surface area contributed by atoms with Crippen LogP contribution in [0.1, 0.15) is 36.2 Å². The summed E-state index contributed by atoms with van der Waals surface area (Å²) in [7, 11) is 0. The fourth-order valence-corrected chi connectivity index (χ4v) is 4.05. The van der Waals surface area contributed by atoms with Crippen LogP contribution in [0.15, 0.2) is 17.1 Å². The molecule has 0 spiro atoms. The van der Waals surface area contributed by atoms with E-state index in [1.54, 1.807) is 12.2 Å². The maximum Gasteiger partial charge on any atom is 0.471 e. The molecular weight excluding hydrogens is 441 g/mol. The van der Waals surface area contributed by atoms with Gasteiger partial charge in [0.2, 0.25) is 5.43 Å². The first-order valence-corrected chi connectivity index (χ1v) is 9.72. The van der Waals surface area contributed by atoms with Crippen LogP contribution in [0.3, 0.4) is 0 Å². The van der Waals surface area contributed by atoms with Crippen molar-refractivity contribution in [3.05, 3.63) is 39.7 Å².